The van der Waals surface area contributed by atoms with Gasteiger partial charge in [-0.2, -0.15) is 0 Å². The van der Waals surface area contributed by atoms with Gasteiger partial charge in [0.15, 0.2) is 11.0 Å². The van der Waals surface area contributed by atoms with Gasteiger partial charge in [-0.25, -0.2) is 0 Å². The topological polar surface area (TPSA) is 107 Å². The van der Waals surface area contributed by atoms with Gasteiger partial charge in [-0.15, -0.1) is 10.2 Å². The molecule has 2 amide bonds. The van der Waals surface area contributed by atoms with E-state index in [1.54, 1.807) is 23.8 Å². The number of amides is 2. The second kappa shape index (κ2) is 12.1. The summed E-state index contributed by atoms with van der Waals surface area (Å²) in [5.74, 6) is 2.01. The lowest BCUT2D eigenvalue weighted by molar-refractivity contribution is -0.121. The number of rotatable bonds is 11. The summed E-state index contributed by atoms with van der Waals surface area (Å²) in [5.41, 5.74) is 1.58. The Labute approximate surface area is 203 Å². The maximum Gasteiger partial charge on any atom is 0.234 e. The van der Waals surface area contributed by atoms with E-state index in [1.165, 1.54) is 11.8 Å². The van der Waals surface area contributed by atoms with Crippen LogP contribution >= 0.6 is 11.8 Å². The van der Waals surface area contributed by atoms with Crippen LogP contribution in [0.2, 0.25) is 0 Å². The fourth-order valence-corrected chi connectivity index (χ4v) is 3.96. The van der Waals surface area contributed by atoms with Crippen molar-refractivity contribution in [2.45, 2.75) is 31.5 Å². The highest BCUT2D eigenvalue weighted by molar-refractivity contribution is 7.99. The number of aromatic nitrogens is 3. The number of carbonyl (C=O) groups is 2. The molecule has 0 aliphatic carbocycles. The standard InChI is InChI=1S/C24H29N5O4S/c1-5-33-20-12-8-18(9-13-20)26-22(31)15-34-24-28-27-23(29(24)3)16(2)25-21(30)14-17-6-10-19(32-4)11-7-17/h6-13,16H,5,14-15H2,1-4H3,(H,25,30)(H,26,31)/t16-/m0/s1. The lowest BCUT2D eigenvalue weighted by Crippen LogP contribution is -2.29. The number of hydrogen-bond donors (Lipinski definition) is 2. The van der Waals surface area contributed by atoms with Crippen molar-refractivity contribution in [1.82, 2.24) is 20.1 Å². The summed E-state index contributed by atoms with van der Waals surface area (Å²) in [5, 5.41) is 14.8. The number of hydrogen-bond acceptors (Lipinski definition) is 7. The maximum atomic E-state index is 12.4. The fourth-order valence-electron chi connectivity index (χ4n) is 3.24. The summed E-state index contributed by atoms with van der Waals surface area (Å²) in [6.07, 6.45) is 0.250. The summed E-state index contributed by atoms with van der Waals surface area (Å²) in [7, 11) is 3.42. The first kappa shape index (κ1) is 25.1. The van der Waals surface area contributed by atoms with Crippen LogP contribution in [0.25, 0.3) is 0 Å². The van der Waals surface area contributed by atoms with Gasteiger partial charge in [0.25, 0.3) is 0 Å². The monoisotopic (exact) mass is 483 g/mol. The van der Waals surface area contributed by atoms with Crippen LogP contribution in [0, 0.1) is 0 Å². The van der Waals surface area contributed by atoms with Gasteiger partial charge >= 0.3 is 0 Å². The third-order valence-electron chi connectivity index (χ3n) is 4.94. The molecule has 2 aromatic carbocycles. The molecule has 180 valence electrons. The zero-order valence-electron chi connectivity index (χ0n) is 19.7. The van der Waals surface area contributed by atoms with Gasteiger partial charge in [0.1, 0.15) is 11.5 Å². The Balaban J connectivity index is 1.49. The first-order chi connectivity index (χ1) is 16.4. The Morgan fingerprint density at radius 1 is 1.03 bits per heavy atom. The van der Waals surface area contributed by atoms with Gasteiger partial charge in [-0.1, -0.05) is 23.9 Å². The smallest absolute Gasteiger partial charge is 0.234 e. The molecule has 1 atom stereocenters. The minimum Gasteiger partial charge on any atom is -0.497 e. The van der Waals surface area contributed by atoms with E-state index in [4.69, 9.17) is 9.47 Å². The summed E-state index contributed by atoms with van der Waals surface area (Å²) in [6, 6.07) is 14.2. The Kier molecular flexibility index (Phi) is 8.92. The van der Waals surface area contributed by atoms with Gasteiger partial charge in [0, 0.05) is 12.7 Å². The van der Waals surface area contributed by atoms with Crippen molar-refractivity contribution in [2.75, 3.05) is 24.8 Å². The van der Waals surface area contributed by atoms with Gasteiger partial charge in [-0.3, -0.25) is 9.59 Å². The number of thioether (sulfide) groups is 1. The lowest BCUT2D eigenvalue weighted by Gasteiger charge is -2.14. The predicted octanol–water partition coefficient (Wildman–Crippen LogP) is 3.37. The van der Waals surface area contributed by atoms with E-state index in [9.17, 15) is 9.59 Å². The molecule has 0 aliphatic rings. The highest BCUT2D eigenvalue weighted by Crippen LogP contribution is 2.21. The van der Waals surface area contributed by atoms with Crippen molar-refractivity contribution in [3.8, 4) is 11.5 Å². The van der Waals surface area contributed by atoms with Crippen molar-refractivity contribution in [3.05, 3.63) is 59.9 Å². The number of carbonyl (C=O) groups excluding carboxylic acids is 2. The molecule has 2 N–H and O–H groups in total. The van der Waals surface area contributed by atoms with Crippen molar-refractivity contribution in [3.63, 3.8) is 0 Å². The number of benzene rings is 2. The van der Waals surface area contributed by atoms with Crippen molar-refractivity contribution < 1.29 is 19.1 Å². The Hall–Kier alpha value is -3.53. The molecule has 0 aliphatic heterocycles. The molecule has 9 nitrogen and oxygen atoms in total. The van der Waals surface area contributed by atoms with Gasteiger partial charge in [0.05, 0.1) is 31.9 Å². The fraction of sp³-hybridized carbons (Fsp3) is 0.333. The molecule has 10 heteroatoms. The van der Waals surface area contributed by atoms with Crippen LogP contribution in [0.3, 0.4) is 0 Å². The number of anilines is 1. The molecule has 1 heterocycles. The molecule has 0 saturated heterocycles. The highest BCUT2D eigenvalue weighted by Gasteiger charge is 2.18. The largest absolute Gasteiger partial charge is 0.497 e. The van der Waals surface area contributed by atoms with E-state index in [0.717, 1.165) is 17.1 Å². The Bertz CT molecular complexity index is 1100. The average molecular weight is 484 g/mol. The second-order valence-electron chi connectivity index (χ2n) is 7.51. The molecule has 34 heavy (non-hydrogen) atoms. The Morgan fingerprint density at radius 2 is 1.71 bits per heavy atom. The summed E-state index contributed by atoms with van der Waals surface area (Å²) < 4.78 is 12.3. The molecular weight excluding hydrogens is 454 g/mol. The maximum absolute atomic E-state index is 12.4. The molecule has 0 bridgehead atoms. The molecule has 3 rings (SSSR count). The van der Waals surface area contributed by atoms with Crippen LogP contribution in [0.1, 0.15) is 31.3 Å². The van der Waals surface area contributed by atoms with Crippen molar-refractivity contribution in [1.29, 1.82) is 0 Å². The molecule has 0 radical (unpaired) electrons. The van der Waals surface area contributed by atoms with Crippen LogP contribution < -0.4 is 20.1 Å². The molecule has 3 aromatic rings. The van der Waals surface area contributed by atoms with Crippen LogP contribution in [0.4, 0.5) is 5.69 Å². The normalized spacial score (nSPS) is 11.5. The number of ether oxygens (including phenoxy) is 2. The third-order valence-corrected chi connectivity index (χ3v) is 5.96. The van der Waals surface area contributed by atoms with Gasteiger partial charge in [0.2, 0.25) is 11.8 Å². The minimum absolute atomic E-state index is 0.121. The molecular formula is C24H29N5O4S. The van der Waals surface area contributed by atoms with Gasteiger partial charge < -0.3 is 24.7 Å². The first-order valence-corrected chi connectivity index (χ1v) is 11.8. The van der Waals surface area contributed by atoms with Crippen molar-refractivity contribution >= 4 is 29.3 Å². The quantitative estimate of drug-likeness (QED) is 0.403. The van der Waals surface area contributed by atoms with E-state index >= 15 is 0 Å². The molecule has 1 aromatic heterocycles. The van der Waals surface area contributed by atoms with E-state index in [-0.39, 0.29) is 30.0 Å². The number of nitrogens with one attached hydrogen (secondary N) is 2. The zero-order valence-corrected chi connectivity index (χ0v) is 20.5. The molecule has 0 saturated carbocycles. The van der Waals surface area contributed by atoms with E-state index in [1.807, 2.05) is 57.3 Å². The number of methoxy groups -OCH3 is 1. The third kappa shape index (κ3) is 6.98. The van der Waals surface area contributed by atoms with E-state index in [2.05, 4.69) is 20.8 Å². The molecule has 0 spiro atoms. The van der Waals surface area contributed by atoms with Crippen LogP contribution in [0.15, 0.2) is 53.7 Å². The van der Waals surface area contributed by atoms with E-state index < -0.39 is 0 Å². The second-order valence-corrected chi connectivity index (χ2v) is 8.45. The highest BCUT2D eigenvalue weighted by atomic mass is 32.2. The summed E-state index contributed by atoms with van der Waals surface area (Å²) in [4.78, 5) is 24.8. The average Bonchev–Trinajstić information content (AvgIpc) is 3.20. The minimum atomic E-state index is -0.338. The summed E-state index contributed by atoms with van der Waals surface area (Å²) in [6.45, 7) is 4.36. The zero-order chi connectivity index (χ0) is 24.5. The van der Waals surface area contributed by atoms with Crippen LogP contribution in [0.5, 0.6) is 11.5 Å². The first-order valence-electron chi connectivity index (χ1n) is 10.9. The lowest BCUT2D eigenvalue weighted by atomic mass is 10.1. The molecule has 0 fully saturated rings. The number of nitrogens with zero attached hydrogens (tertiary/aromatic N) is 3. The summed E-state index contributed by atoms with van der Waals surface area (Å²) >= 11 is 1.28. The Morgan fingerprint density at radius 3 is 2.35 bits per heavy atom. The SMILES string of the molecule is CCOc1ccc(NC(=O)CSc2nnc([C@H](C)NC(=O)Cc3ccc(OC)cc3)n2C)cc1. The van der Waals surface area contributed by atoms with Crippen molar-refractivity contribution in [2.24, 2.45) is 7.05 Å². The van der Waals surface area contributed by atoms with E-state index in [0.29, 0.717) is 23.3 Å². The van der Waals surface area contributed by atoms with Crippen LogP contribution in [-0.4, -0.2) is 46.0 Å². The molecule has 0 unspecified atom stereocenters. The van der Waals surface area contributed by atoms with Crippen LogP contribution in [-0.2, 0) is 23.1 Å². The predicted molar refractivity (Wildman–Crippen MR) is 131 cm³/mol. The van der Waals surface area contributed by atoms with Gasteiger partial charge in [-0.05, 0) is 55.8 Å².